The Morgan fingerprint density at radius 2 is 1.91 bits per heavy atom. The number of alkyl carbamates (subject to hydrolysis) is 1. The third kappa shape index (κ3) is 4.35. The molecule has 228 valence electrons. The molecule has 10 nitrogen and oxygen atoms in total. The highest BCUT2D eigenvalue weighted by Crippen LogP contribution is 2.40. The molecule has 11 heteroatoms. The molecule has 2 saturated carbocycles. The minimum Gasteiger partial charge on any atom is -0.444 e. The highest BCUT2D eigenvalue weighted by atomic mass is 19.1. The van der Waals surface area contributed by atoms with Gasteiger partial charge in [0.05, 0.1) is 28.8 Å². The Labute approximate surface area is 253 Å². The van der Waals surface area contributed by atoms with Crippen molar-refractivity contribution in [2.24, 2.45) is 18.9 Å². The number of hydrogen-bond donors (Lipinski definition) is 1. The smallest absolute Gasteiger partial charge is 0.407 e. The van der Waals surface area contributed by atoms with E-state index in [9.17, 15) is 9.59 Å². The van der Waals surface area contributed by atoms with Crippen LogP contribution in [0.5, 0.6) is 0 Å². The van der Waals surface area contributed by atoms with Gasteiger partial charge < -0.3 is 28.5 Å². The largest absolute Gasteiger partial charge is 0.444 e. The van der Waals surface area contributed by atoms with Crippen molar-refractivity contribution in [2.75, 3.05) is 6.54 Å². The molecule has 2 amide bonds. The summed E-state index contributed by atoms with van der Waals surface area (Å²) in [6.07, 6.45) is 9.34. The van der Waals surface area contributed by atoms with E-state index in [0.717, 1.165) is 41.6 Å². The first-order valence-corrected chi connectivity index (χ1v) is 15.5. The van der Waals surface area contributed by atoms with Gasteiger partial charge in [-0.05, 0) is 82.6 Å². The second-order valence-electron chi connectivity index (χ2n) is 13.7. The van der Waals surface area contributed by atoms with E-state index in [4.69, 9.17) is 9.72 Å². The first kappa shape index (κ1) is 27.2. The van der Waals surface area contributed by atoms with Gasteiger partial charge in [0.2, 0.25) is 0 Å². The van der Waals surface area contributed by atoms with Crippen LogP contribution in [0.4, 0.5) is 9.18 Å². The van der Waals surface area contributed by atoms with Crippen LogP contribution in [-0.4, -0.2) is 64.6 Å². The van der Waals surface area contributed by atoms with E-state index in [-0.39, 0.29) is 29.5 Å². The van der Waals surface area contributed by atoms with Crippen LogP contribution in [0.15, 0.2) is 42.9 Å². The number of piperidine rings is 1. The topological polar surface area (TPSA) is 98.7 Å². The predicted octanol–water partition coefficient (Wildman–Crippen LogP) is 5.52. The summed E-state index contributed by atoms with van der Waals surface area (Å²) >= 11 is 0. The third-order valence-electron chi connectivity index (χ3n) is 9.49. The lowest BCUT2D eigenvalue weighted by atomic mass is 10.1. The summed E-state index contributed by atoms with van der Waals surface area (Å²) in [6.45, 7) is 6.83. The number of ether oxygens (including phenoxy) is 1. The van der Waals surface area contributed by atoms with Crippen LogP contribution in [0.25, 0.3) is 39.1 Å². The molecule has 2 bridgehead atoms. The molecular weight excluding hydrogens is 561 g/mol. The summed E-state index contributed by atoms with van der Waals surface area (Å²) in [4.78, 5) is 37.7. The minimum absolute atomic E-state index is 0.140. The number of halogens is 1. The van der Waals surface area contributed by atoms with Crippen LogP contribution in [0.2, 0.25) is 0 Å². The average molecular weight is 598 g/mol. The Balaban J connectivity index is 1.14. The normalized spacial score (nSPS) is 21.7. The van der Waals surface area contributed by atoms with Gasteiger partial charge in [-0.1, -0.05) is 0 Å². The minimum atomic E-state index is -0.608. The Morgan fingerprint density at radius 1 is 1.09 bits per heavy atom. The molecule has 5 aromatic rings. The molecule has 1 aliphatic heterocycles. The van der Waals surface area contributed by atoms with E-state index in [1.807, 2.05) is 44.6 Å². The van der Waals surface area contributed by atoms with E-state index in [1.54, 1.807) is 21.7 Å². The number of aromatic nitrogens is 5. The number of carbonyl (C=O) groups excluding carboxylic acids is 2. The molecule has 1 aromatic carbocycles. The van der Waals surface area contributed by atoms with E-state index < -0.39 is 17.5 Å². The molecule has 0 spiro atoms. The fourth-order valence-electron chi connectivity index (χ4n) is 7.36. The predicted molar refractivity (Wildman–Crippen MR) is 164 cm³/mol. The maximum atomic E-state index is 15.8. The van der Waals surface area contributed by atoms with Crippen molar-refractivity contribution in [1.82, 2.24) is 33.7 Å². The number of amides is 2. The van der Waals surface area contributed by atoms with E-state index in [0.29, 0.717) is 29.3 Å². The van der Waals surface area contributed by atoms with Crippen molar-refractivity contribution in [3.63, 3.8) is 0 Å². The van der Waals surface area contributed by atoms with Crippen LogP contribution >= 0.6 is 0 Å². The first-order valence-electron chi connectivity index (χ1n) is 15.5. The molecular formula is C33H36FN7O3. The van der Waals surface area contributed by atoms with Crippen molar-refractivity contribution < 1.29 is 18.7 Å². The van der Waals surface area contributed by atoms with Gasteiger partial charge in [-0.3, -0.25) is 4.79 Å². The number of nitrogens with one attached hydrogen (secondary N) is 1. The first-order chi connectivity index (χ1) is 21.1. The Hall–Kier alpha value is -4.41. The number of nitrogens with zero attached hydrogens (tertiary/aromatic N) is 6. The second-order valence-corrected chi connectivity index (χ2v) is 13.7. The second kappa shape index (κ2) is 9.54. The van der Waals surface area contributed by atoms with E-state index in [2.05, 4.69) is 27.0 Å². The molecule has 44 heavy (non-hydrogen) atoms. The molecule has 2 aliphatic carbocycles. The highest BCUT2D eigenvalue weighted by molar-refractivity contribution is 5.99. The van der Waals surface area contributed by atoms with Crippen molar-refractivity contribution in [3.05, 3.63) is 54.2 Å². The van der Waals surface area contributed by atoms with Crippen LogP contribution in [0.1, 0.15) is 56.8 Å². The Bertz CT molecular complexity index is 1980. The van der Waals surface area contributed by atoms with Crippen LogP contribution < -0.4 is 5.32 Å². The van der Waals surface area contributed by atoms with Crippen molar-refractivity contribution in [1.29, 1.82) is 0 Å². The molecule has 4 aromatic heterocycles. The zero-order valence-corrected chi connectivity index (χ0v) is 25.4. The average Bonchev–Trinajstić information content (AvgIpc) is 3.31. The number of aryl methyl sites for hydroxylation is 1. The van der Waals surface area contributed by atoms with Crippen molar-refractivity contribution in [2.45, 2.75) is 70.7 Å². The number of rotatable bonds is 5. The summed E-state index contributed by atoms with van der Waals surface area (Å²) in [5.74, 6) is 0.652. The number of fused-ring (bicyclic) bond motifs is 6. The number of pyridine rings is 1. The van der Waals surface area contributed by atoms with Gasteiger partial charge in [0, 0.05) is 49.7 Å². The van der Waals surface area contributed by atoms with Gasteiger partial charge in [-0.15, -0.1) is 0 Å². The van der Waals surface area contributed by atoms with Gasteiger partial charge in [0.1, 0.15) is 16.9 Å². The van der Waals surface area contributed by atoms with Gasteiger partial charge in [-0.2, -0.15) is 0 Å². The van der Waals surface area contributed by atoms with E-state index in [1.165, 1.54) is 18.9 Å². The molecule has 3 aliphatic rings. The molecule has 8 rings (SSSR count). The number of benzene rings is 1. The summed E-state index contributed by atoms with van der Waals surface area (Å²) < 4.78 is 27.4. The molecule has 3 fully saturated rings. The Morgan fingerprint density at radius 3 is 2.68 bits per heavy atom. The lowest BCUT2D eigenvalue weighted by molar-refractivity contribution is 0.0485. The zero-order chi connectivity index (χ0) is 30.5. The Kier molecular flexibility index (Phi) is 5.89. The lowest BCUT2D eigenvalue weighted by Crippen LogP contribution is -2.46. The van der Waals surface area contributed by atoms with Gasteiger partial charge in [0.15, 0.2) is 11.5 Å². The summed E-state index contributed by atoms with van der Waals surface area (Å²) in [5.41, 5.74) is 3.28. The summed E-state index contributed by atoms with van der Waals surface area (Å²) in [7, 11) is 1.83. The highest BCUT2D eigenvalue weighted by Gasteiger charge is 2.50. The molecule has 1 saturated heterocycles. The SMILES string of the molecule is Cn1c(-c2cc3ccn4ccnc4c3n2CC2CC2)nc2cc(C(=O)N3C[C@H]4CC[C@@H]3[C@@H]4NC(=O)OC(C)(C)C)cc(F)c21. The van der Waals surface area contributed by atoms with Gasteiger partial charge in [-0.25, -0.2) is 19.2 Å². The van der Waals surface area contributed by atoms with Gasteiger partial charge >= 0.3 is 6.09 Å². The molecule has 0 radical (unpaired) electrons. The lowest BCUT2D eigenvalue weighted by Gasteiger charge is -2.28. The molecule has 5 heterocycles. The van der Waals surface area contributed by atoms with Crippen molar-refractivity contribution in [3.8, 4) is 11.5 Å². The molecule has 1 N–H and O–H groups in total. The summed E-state index contributed by atoms with van der Waals surface area (Å²) in [5, 5.41) is 4.05. The molecule has 0 unspecified atom stereocenters. The zero-order valence-electron chi connectivity index (χ0n) is 25.4. The number of carbonyl (C=O) groups is 2. The maximum absolute atomic E-state index is 15.8. The number of hydrogen-bond acceptors (Lipinski definition) is 5. The molecule has 3 atom stereocenters. The summed E-state index contributed by atoms with van der Waals surface area (Å²) in [6, 6.07) is 6.87. The van der Waals surface area contributed by atoms with Crippen LogP contribution in [-0.2, 0) is 18.3 Å². The fourth-order valence-corrected chi connectivity index (χ4v) is 7.36. The van der Waals surface area contributed by atoms with Crippen LogP contribution in [0.3, 0.4) is 0 Å². The fraction of sp³-hybridized carbons (Fsp3) is 0.455. The van der Waals surface area contributed by atoms with E-state index >= 15 is 4.39 Å². The quantitative estimate of drug-likeness (QED) is 0.288. The number of imidazole rings is 2. The van der Waals surface area contributed by atoms with Crippen LogP contribution in [0, 0.1) is 17.7 Å². The number of likely N-dealkylation sites (tertiary alicyclic amines) is 1. The maximum Gasteiger partial charge on any atom is 0.407 e. The third-order valence-corrected chi connectivity index (χ3v) is 9.49. The van der Waals surface area contributed by atoms with Crippen molar-refractivity contribution >= 4 is 39.6 Å². The standard InChI is InChI=1S/C33H36FN7O3/c1-33(2,3)44-32(43)37-26-20-7-8-24(26)41(17-20)31(42)21-13-22(34)28-23(14-21)36-29(38(28)4)25-15-19-9-11-39-12-10-35-30(39)27(19)40(25)16-18-5-6-18/h9-15,18,20,24,26H,5-8,16-17H2,1-4H3,(H,37,43)/t20-,24-,26-/m1/s1. The van der Waals surface area contributed by atoms with Gasteiger partial charge in [0.25, 0.3) is 5.91 Å². The monoisotopic (exact) mass is 597 g/mol.